The van der Waals surface area contributed by atoms with E-state index in [1.54, 1.807) is 0 Å². The van der Waals surface area contributed by atoms with Crippen molar-refractivity contribution < 1.29 is 0 Å². The number of fused-ring (bicyclic) bond motifs is 1. The summed E-state index contributed by atoms with van der Waals surface area (Å²) in [5.74, 6) is 0.493. The van der Waals surface area contributed by atoms with Gasteiger partial charge in [-0.25, -0.2) is 9.50 Å². The van der Waals surface area contributed by atoms with Gasteiger partial charge < -0.3 is 5.32 Å². The van der Waals surface area contributed by atoms with Crippen molar-refractivity contribution in [3.8, 4) is 0 Å². The number of rotatable bonds is 4. The van der Waals surface area contributed by atoms with E-state index in [2.05, 4.69) is 51.6 Å². The first kappa shape index (κ1) is 16.1. The molecular weight excluding hydrogens is 310 g/mol. The molecule has 0 saturated carbocycles. The summed E-state index contributed by atoms with van der Waals surface area (Å²) in [4.78, 5) is 7.10. The molecule has 1 aromatic carbocycles. The number of hydrogen-bond donors (Lipinski definition) is 1. The third-order valence-electron chi connectivity index (χ3n) is 5.15. The zero-order chi connectivity index (χ0) is 17.2. The van der Waals surface area contributed by atoms with Crippen LogP contribution in [0.3, 0.4) is 0 Å². The van der Waals surface area contributed by atoms with Crippen LogP contribution < -0.4 is 5.32 Å². The van der Waals surface area contributed by atoms with Crippen LogP contribution in [0.15, 0.2) is 42.6 Å². The maximum absolute atomic E-state index is 4.74. The SMILES string of the molecule is CNc1c(C)nn2c(C3CCCN(Cc4ccccc4)C3)ccnc12. The van der Waals surface area contributed by atoms with E-state index < -0.39 is 0 Å². The molecule has 0 bridgehead atoms. The summed E-state index contributed by atoms with van der Waals surface area (Å²) in [6.45, 7) is 5.29. The summed E-state index contributed by atoms with van der Waals surface area (Å²) >= 11 is 0. The van der Waals surface area contributed by atoms with Crippen LogP contribution in [0.5, 0.6) is 0 Å². The molecule has 1 N–H and O–H groups in total. The van der Waals surface area contributed by atoms with Crippen molar-refractivity contribution >= 4 is 11.3 Å². The Morgan fingerprint density at radius 3 is 2.84 bits per heavy atom. The molecule has 4 rings (SSSR count). The molecule has 2 aromatic heterocycles. The molecular formula is C20H25N5. The quantitative estimate of drug-likeness (QED) is 0.793. The van der Waals surface area contributed by atoms with Crippen molar-refractivity contribution in [2.45, 2.75) is 32.2 Å². The zero-order valence-electron chi connectivity index (χ0n) is 14.9. The van der Waals surface area contributed by atoms with Crippen LogP contribution in [-0.4, -0.2) is 39.6 Å². The maximum atomic E-state index is 4.74. The molecule has 0 radical (unpaired) electrons. The number of anilines is 1. The summed E-state index contributed by atoms with van der Waals surface area (Å²) in [7, 11) is 1.93. The first-order valence-corrected chi connectivity index (χ1v) is 9.04. The van der Waals surface area contributed by atoms with Gasteiger partial charge in [0.2, 0.25) is 0 Å². The fourth-order valence-corrected chi connectivity index (χ4v) is 3.95. The molecule has 5 nitrogen and oxygen atoms in total. The fourth-order valence-electron chi connectivity index (χ4n) is 3.95. The van der Waals surface area contributed by atoms with Crippen molar-refractivity contribution in [2.75, 3.05) is 25.5 Å². The number of hydrogen-bond acceptors (Lipinski definition) is 4. The molecule has 1 aliphatic heterocycles. The van der Waals surface area contributed by atoms with Crippen LogP contribution in [0, 0.1) is 6.92 Å². The second-order valence-electron chi connectivity index (χ2n) is 6.88. The van der Waals surface area contributed by atoms with E-state index in [9.17, 15) is 0 Å². The second kappa shape index (κ2) is 6.84. The fraction of sp³-hybridized carbons (Fsp3) is 0.400. The Labute approximate surface area is 148 Å². The van der Waals surface area contributed by atoms with Gasteiger partial charge in [-0.05, 0) is 37.9 Å². The van der Waals surface area contributed by atoms with E-state index >= 15 is 0 Å². The van der Waals surface area contributed by atoms with Crippen molar-refractivity contribution in [2.24, 2.45) is 0 Å². The Morgan fingerprint density at radius 1 is 1.20 bits per heavy atom. The highest BCUT2D eigenvalue weighted by molar-refractivity contribution is 5.70. The lowest BCUT2D eigenvalue weighted by Gasteiger charge is -2.33. The molecule has 25 heavy (non-hydrogen) atoms. The molecule has 130 valence electrons. The first-order valence-electron chi connectivity index (χ1n) is 9.04. The summed E-state index contributed by atoms with van der Waals surface area (Å²) in [5.41, 5.74) is 5.61. The maximum Gasteiger partial charge on any atom is 0.179 e. The summed E-state index contributed by atoms with van der Waals surface area (Å²) in [6.07, 6.45) is 4.35. The topological polar surface area (TPSA) is 45.5 Å². The van der Waals surface area contributed by atoms with Gasteiger partial charge in [-0.2, -0.15) is 5.10 Å². The van der Waals surface area contributed by atoms with Crippen LogP contribution in [0.25, 0.3) is 5.65 Å². The predicted molar refractivity (Wildman–Crippen MR) is 101 cm³/mol. The summed E-state index contributed by atoms with van der Waals surface area (Å²) in [5, 5.41) is 7.97. The van der Waals surface area contributed by atoms with E-state index in [4.69, 9.17) is 5.10 Å². The molecule has 5 heteroatoms. The first-order chi connectivity index (χ1) is 12.3. The van der Waals surface area contributed by atoms with Gasteiger partial charge >= 0.3 is 0 Å². The molecule has 3 heterocycles. The minimum Gasteiger partial charge on any atom is -0.384 e. The largest absolute Gasteiger partial charge is 0.384 e. The van der Waals surface area contributed by atoms with Crippen molar-refractivity contribution in [3.63, 3.8) is 0 Å². The number of nitrogens with zero attached hydrogens (tertiary/aromatic N) is 4. The zero-order valence-corrected chi connectivity index (χ0v) is 14.9. The van der Waals surface area contributed by atoms with Crippen LogP contribution in [0.1, 0.15) is 35.7 Å². The van der Waals surface area contributed by atoms with E-state index in [1.807, 2.05) is 24.7 Å². The van der Waals surface area contributed by atoms with Crippen LogP contribution in [-0.2, 0) is 6.54 Å². The van der Waals surface area contributed by atoms with Gasteiger partial charge in [0.25, 0.3) is 0 Å². The minimum absolute atomic E-state index is 0.493. The lowest BCUT2D eigenvalue weighted by Crippen LogP contribution is -2.34. The summed E-state index contributed by atoms with van der Waals surface area (Å²) < 4.78 is 2.04. The molecule has 1 saturated heterocycles. The molecule has 1 aliphatic rings. The van der Waals surface area contributed by atoms with Crippen LogP contribution in [0.2, 0.25) is 0 Å². The van der Waals surface area contributed by atoms with Crippen LogP contribution >= 0.6 is 0 Å². The van der Waals surface area contributed by atoms with E-state index in [-0.39, 0.29) is 0 Å². The Balaban J connectivity index is 1.60. The highest BCUT2D eigenvalue weighted by Crippen LogP contribution is 2.29. The number of aryl methyl sites for hydroxylation is 1. The molecule has 0 aliphatic carbocycles. The van der Waals surface area contributed by atoms with E-state index in [0.717, 1.165) is 30.1 Å². The summed E-state index contributed by atoms with van der Waals surface area (Å²) in [6, 6.07) is 12.9. The standard InChI is InChI=1S/C20H25N5/c1-15-19(21-2)20-22-11-10-18(25(20)23-15)17-9-6-12-24(14-17)13-16-7-4-3-5-8-16/h3-5,7-8,10-11,17,21H,6,9,12-14H2,1-2H3. The van der Waals surface area contributed by atoms with Crippen LogP contribution in [0.4, 0.5) is 5.69 Å². The number of piperidine rings is 1. The minimum atomic E-state index is 0.493. The number of benzene rings is 1. The van der Waals surface area contributed by atoms with Crippen molar-refractivity contribution in [1.82, 2.24) is 19.5 Å². The van der Waals surface area contributed by atoms with Gasteiger partial charge in [0.05, 0.1) is 11.4 Å². The highest BCUT2D eigenvalue weighted by atomic mass is 15.3. The Hall–Kier alpha value is -2.40. The third kappa shape index (κ3) is 3.12. The molecule has 1 unspecified atom stereocenters. The van der Waals surface area contributed by atoms with Crippen molar-refractivity contribution in [1.29, 1.82) is 0 Å². The van der Waals surface area contributed by atoms with E-state index in [0.29, 0.717) is 5.92 Å². The van der Waals surface area contributed by atoms with Crippen molar-refractivity contribution in [3.05, 3.63) is 59.5 Å². The number of likely N-dealkylation sites (tertiary alicyclic amines) is 1. The molecule has 1 atom stereocenters. The lowest BCUT2D eigenvalue weighted by molar-refractivity contribution is 0.197. The van der Waals surface area contributed by atoms with Gasteiger partial charge in [-0.15, -0.1) is 0 Å². The van der Waals surface area contributed by atoms with Gasteiger partial charge in [-0.3, -0.25) is 4.90 Å². The Kier molecular flexibility index (Phi) is 4.40. The normalized spacial score (nSPS) is 18.6. The molecule has 0 amide bonds. The van der Waals surface area contributed by atoms with Gasteiger partial charge in [0, 0.05) is 32.3 Å². The predicted octanol–water partition coefficient (Wildman–Crippen LogP) is 3.46. The molecule has 0 spiro atoms. The van der Waals surface area contributed by atoms with Gasteiger partial charge in [0.15, 0.2) is 5.65 Å². The van der Waals surface area contributed by atoms with Gasteiger partial charge in [0.1, 0.15) is 5.69 Å². The van der Waals surface area contributed by atoms with E-state index in [1.165, 1.54) is 30.6 Å². The monoisotopic (exact) mass is 335 g/mol. The number of nitrogens with one attached hydrogen (secondary N) is 1. The Morgan fingerprint density at radius 2 is 2.04 bits per heavy atom. The Bertz CT molecular complexity index is 855. The lowest BCUT2D eigenvalue weighted by atomic mass is 9.94. The number of aromatic nitrogens is 3. The van der Waals surface area contributed by atoms with Gasteiger partial charge in [-0.1, -0.05) is 30.3 Å². The average Bonchev–Trinajstić information content (AvgIpc) is 2.97. The third-order valence-corrected chi connectivity index (χ3v) is 5.15. The second-order valence-corrected chi connectivity index (χ2v) is 6.88. The highest BCUT2D eigenvalue weighted by Gasteiger charge is 2.24. The smallest absolute Gasteiger partial charge is 0.179 e. The average molecular weight is 335 g/mol. The molecule has 1 fully saturated rings. The molecule has 3 aromatic rings.